The third kappa shape index (κ3) is 2.60. The second-order valence-corrected chi connectivity index (χ2v) is 5.41. The number of carbonyl (C=O) groups is 1. The molecule has 1 N–H and O–H groups in total. The Balaban J connectivity index is 2.21. The summed E-state index contributed by atoms with van der Waals surface area (Å²) < 4.78 is 13.8. The monoisotopic (exact) mass is 299 g/mol. The first-order valence-electron chi connectivity index (χ1n) is 6.20. The van der Waals surface area contributed by atoms with Gasteiger partial charge in [-0.25, -0.2) is 9.18 Å². The van der Waals surface area contributed by atoms with Gasteiger partial charge in [0.15, 0.2) is 0 Å². The van der Waals surface area contributed by atoms with Gasteiger partial charge < -0.3 is 5.11 Å². The minimum absolute atomic E-state index is 0.0713. The zero-order chi connectivity index (χ0) is 14.8. The van der Waals surface area contributed by atoms with Gasteiger partial charge in [-0.2, -0.15) is 0 Å². The number of aromatic carboxylic acids is 1. The van der Waals surface area contributed by atoms with Crippen LogP contribution in [0, 0.1) is 5.82 Å². The van der Waals surface area contributed by atoms with E-state index in [1.54, 1.807) is 36.4 Å². The molecule has 0 radical (unpaired) electrons. The minimum Gasteiger partial charge on any atom is -0.478 e. The Labute approximate surface area is 124 Å². The molecule has 21 heavy (non-hydrogen) atoms. The van der Waals surface area contributed by atoms with Gasteiger partial charge in [0.1, 0.15) is 5.82 Å². The van der Waals surface area contributed by atoms with Gasteiger partial charge in [-0.15, -0.1) is 0 Å². The molecule has 1 heterocycles. The maximum Gasteiger partial charge on any atom is 0.338 e. The Morgan fingerprint density at radius 3 is 2.57 bits per heavy atom. The first kappa shape index (κ1) is 13.6. The van der Waals surface area contributed by atoms with Crippen LogP contribution in [0.3, 0.4) is 0 Å². The number of hydrogen-bond acceptors (Lipinski definition) is 3. The van der Waals surface area contributed by atoms with Crippen LogP contribution in [0.1, 0.15) is 10.4 Å². The summed E-state index contributed by atoms with van der Waals surface area (Å²) in [5, 5.41) is 10.0. The van der Waals surface area contributed by atoms with E-state index in [9.17, 15) is 14.3 Å². The van der Waals surface area contributed by atoms with Crippen molar-refractivity contribution in [2.75, 3.05) is 0 Å². The molecular formula is C16H10FNO2S. The van der Waals surface area contributed by atoms with E-state index in [0.717, 1.165) is 11.8 Å². The predicted octanol–water partition coefficient (Wildman–Crippen LogP) is 4.22. The van der Waals surface area contributed by atoms with E-state index < -0.39 is 5.97 Å². The van der Waals surface area contributed by atoms with Crippen LogP contribution in [-0.2, 0) is 0 Å². The second kappa shape index (κ2) is 5.54. The number of carboxylic acid groups (broad SMARTS) is 1. The number of hydrogen-bond donors (Lipinski definition) is 1. The highest BCUT2D eigenvalue weighted by molar-refractivity contribution is 7.99. The van der Waals surface area contributed by atoms with Gasteiger partial charge >= 0.3 is 5.97 Å². The molecule has 0 bridgehead atoms. The molecular weight excluding hydrogens is 289 g/mol. The van der Waals surface area contributed by atoms with Crippen molar-refractivity contribution in [3.05, 3.63) is 66.1 Å². The lowest BCUT2D eigenvalue weighted by Gasteiger charge is -2.10. The van der Waals surface area contributed by atoms with Gasteiger partial charge in [0.25, 0.3) is 0 Å². The van der Waals surface area contributed by atoms with Gasteiger partial charge in [-0.1, -0.05) is 42.1 Å². The van der Waals surface area contributed by atoms with E-state index in [-0.39, 0.29) is 11.4 Å². The fourth-order valence-corrected chi connectivity index (χ4v) is 3.08. The summed E-state index contributed by atoms with van der Waals surface area (Å²) in [4.78, 5) is 16.4. The molecule has 104 valence electrons. The van der Waals surface area contributed by atoms with Crippen LogP contribution in [0.4, 0.5) is 4.39 Å². The fraction of sp³-hybridized carbons (Fsp3) is 0. The normalized spacial score (nSPS) is 10.7. The summed E-state index contributed by atoms with van der Waals surface area (Å²) in [5.74, 6) is -1.45. The van der Waals surface area contributed by atoms with Crippen molar-refractivity contribution in [3.63, 3.8) is 0 Å². The fourth-order valence-electron chi connectivity index (χ4n) is 2.02. The Morgan fingerprint density at radius 2 is 1.81 bits per heavy atom. The highest BCUT2D eigenvalue weighted by Crippen LogP contribution is 2.36. The molecule has 3 nitrogen and oxygen atoms in total. The maximum absolute atomic E-state index is 13.8. The zero-order valence-electron chi connectivity index (χ0n) is 10.8. The summed E-state index contributed by atoms with van der Waals surface area (Å²) in [5.41, 5.74) is 0.753. The lowest BCUT2D eigenvalue weighted by Crippen LogP contribution is -2.01. The van der Waals surface area contributed by atoms with E-state index >= 15 is 0 Å². The summed E-state index contributed by atoms with van der Waals surface area (Å²) in [6, 6.07) is 13.5. The summed E-state index contributed by atoms with van der Waals surface area (Å²) in [6.45, 7) is 0. The number of carboxylic acids is 1. The van der Waals surface area contributed by atoms with Crippen molar-refractivity contribution >= 4 is 28.6 Å². The first-order chi connectivity index (χ1) is 10.2. The smallest absolute Gasteiger partial charge is 0.338 e. The molecule has 0 amide bonds. The summed E-state index contributed by atoms with van der Waals surface area (Å²) in [6.07, 6.45) is 1.31. The number of fused-ring (bicyclic) bond motifs is 1. The van der Waals surface area contributed by atoms with Crippen LogP contribution >= 0.6 is 11.8 Å². The molecule has 0 unspecified atom stereocenters. The average Bonchev–Trinajstić information content (AvgIpc) is 2.49. The van der Waals surface area contributed by atoms with Gasteiger partial charge in [-0.3, -0.25) is 4.98 Å². The molecule has 5 heteroatoms. The molecule has 0 saturated heterocycles. The van der Waals surface area contributed by atoms with E-state index in [1.165, 1.54) is 12.3 Å². The Kier molecular flexibility index (Phi) is 3.58. The van der Waals surface area contributed by atoms with E-state index in [2.05, 4.69) is 4.98 Å². The molecule has 3 aromatic rings. The molecule has 0 fully saturated rings. The van der Waals surface area contributed by atoms with E-state index in [1.807, 2.05) is 6.07 Å². The van der Waals surface area contributed by atoms with Crippen molar-refractivity contribution in [1.29, 1.82) is 0 Å². The van der Waals surface area contributed by atoms with E-state index in [4.69, 9.17) is 0 Å². The number of halogens is 1. The summed E-state index contributed by atoms with van der Waals surface area (Å²) in [7, 11) is 0. The Bertz CT molecular complexity index is 835. The van der Waals surface area contributed by atoms with Crippen molar-refractivity contribution in [2.24, 2.45) is 0 Å². The van der Waals surface area contributed by atoms with Crippen LogP contribution in [0.15, 0.2) is 64.5 Å². The molecule has 3 rings (SSSR count). The second-order valence-electron chi connectivity index (χ2n) is 4.36. The third-order valence-electron chi connectivity index (χ3n) is 3.01. The van der Waals surface area contributed by atoms with Crippen molar-refractivity contribution in [2.45, 2.75) is 9.79 Å². The number of rotatable bonds is 3. The Morgan fingerprint density at radius 1 is 1.10 bits per heavy atom. The minimum atomic E-state index is -1.08. The molecule has 0 aliphatic carbocycles. The number of nitrogens with zero attached hydrogens (tertiary/aromatic N) is 1. The van der Waals surface area contributed by atoms with Crippen LogP contribution in [-0.4, -0.2) is 16.1 Å². The average molecular weight is 299 g/mol. The molecule has 0 aliphatic rings. The van der Waals surface area contributed by atoms with E-state index in [0.29, 0.717) is 20.7 Å². The van der Waals surface area contributed by atoms with Gasteiger partial charge in [0, 0.05) is 21.4 Å². The number of benzene rings is 2. The molecule has 1 aromatic heterocycles. The summed E-state index contributed by atoms with van der Waals surface area (Å²) >= 11 is 1.10. The Hall–Kier alpha value is -2.40. The van der Waals surface area contributed by atoms with Crippen LogP contribution in [0.5, 0.6) is 0 Å². The van der Waals surface area contributed by atoms with Gasteiger partial charge in [-0.05, 0) is 18.2 Å². The number of aromatic nitrogens is 1. The highest BCUT2D eigenvalue weighted by Gasteiger charge is 2.16. The molecule has 0 aliphatic heterocycles. The van der Waals surface area contributed by atoms with Crippen LogP contribution < -0.4 is 0 Å². The SMILES string of the molecule is O=C(O)c1cnc2ccccc2c1Sc1ccccc1F. The molecule has 0 saturated carbocycles. The van der Waals surface area contributed by atoms with Crippen molar-refractivity contribution < 1.29 is 14.3 Å². The molecule has 0 atom stereocenters. The third-order valence-corrected chi connectivity index (χ3v) is 4.20. The van der Waals surface area contributed by atoms with Crippen molar-refractivity contribution in [1.82, 2.24) is 4.98 Å². The highest BCUT2D eigenvalue weighted by atomic mass is 32.2. The zero-order valence-corrected chi connectivity index (χ0v) is 11.6. The largest absolute Gasteiger partial charge is 0.478 e. The van der Waals surface area contributed by atoms with Crippen molar-refractivity contribution in [3.8, 4) is 0 Å². The lowest BCUT2D eigenvalue weighted by atomic mass is 10.1. The standard InChI is InChI=1S/C16H10FNO2S/c17-12-6-2-4-8-14(12)21-15-10-5-1-3-7-13(10)18-9-11(15)16(19)20/h1-9H,(H,19,20). The predicted molar refractivity (Wildman–Crippen MR) is 79.2 cm³/mol. The number of para-hydroxylation sites is 1. The maximum atomic E-state index is 13.8. The van der Waals surface area contributed by atoms with Gasteiger partial charge in [0.05, 0.1) is 11.1 Å². The van der Waals surface area contributed by atoms with Crippen LogP contribution in [0.2, 0.25) is 0 Å². The lowest BCUT2D eigenvalue weighted by molar-refractivity contribution is 0.0693. The van der Waals surface area contributed by atoms with Gasteiger partial charge in [0.2, 0.25) is 0 Å². The molecule has 2 aromatic carbocycles. The number of pyridine rings is 1. The van der Waals surface area contributed by atoms with Crippen LogP contribution in [0.25, 0.3) is 10.9 Å². The molecule has 0 spiro atoms. The quantitative estimate of drug-likeness (QED) is 0.786. The topological polar surface area (TPSA) is 50.2 Å². The first-order valence-corrected chi connectivity index (χ1v) is 7.02.